The monoisotopic (exact) mass is 326 g/mol. The number of thioether (sulfide) groups is 1. The molecule has 0 aliphatic rings. The number of nitrogens with one attached hydrogen (secondary N) is 1. The number of furan rings is 1. The molecule has 0 aromatic carbocycles. The fourth-order valence-electron chi connectivity index (χ4n) is 1.60. The Kier molecular flexibility index (Phi) is 5.77. The van der Waals surface area contributed by atoms with Gasteiger partial charge >= 0.3 is 0 Å². The SMILES string of the molecule is CSCc1ccc(C(=O)Nc2nnc(CCN(C)C)s2)o1. The number of amides is 1. The molecule has 0 saturated heterocycles. The van der Waals surface area contributed by atoms with Crippen molar-refractivity contribution in [1.82, 2.24) is 15.1 Å². The van der Waals surface area contributed by atoms with Gasteiger partial charge in [-0.25, -0.2) is 0 Å². The lowest BCUT2D eigenvalue weighted by Gasteiger charge is -2.05. The molecular weight excluding hydrogens is 308 g/mol. The number of likely N-dealkylation sites (N-methyl/N-ethyl adjacent to an activating group) is 1. The maximum absolute atomic E-state index is 12.0. The molecular formula is C13H18N4O2S2. The minimum absolute atomic E-state index is 0.294. The van der Waals surface area contributed by atoms with E-state index in [0.717, 1.165) is 29.5 Å². The Bertz CT molecular complexity index is 595. The second-order valence-corrected chi connectivity index (χ2v) is 6.64. The molecule has 0 saturated carbocycles. The van der Waals surface area contributed by atoms with Crippen LogP contribution in [0.4, 0.5) is 5.13 Å². The molecule has 0 fully saturated rings. The number of carbonyl (C=O) groups is 1. The Morgan fingerprint density at radius 2 is 2.24 bits per heavy atom. The molecule has 1 amide bonds. The van der Waals surface area contributed by atoms with Gasteiger partial charge in [0.05, 0.1) is 5.75 Å². The van der Waals surface area contributed by atoms with Crippen LogP contribution in [0.1, 0.15) is 21.3 Å². The first-order valence-corrected chi connectivity index (χ1v) is 8.65. The standard InChI is InChI=1S/C13H18N4O2S2/c1-17(2)7-6-11-15-16-13(21-11)14-12(18)10-5-4-9(19-10)8-20-3/h4-5H,6-8H2,1-3H3,(H,14,16,18). The van der Waals surface area contributed by atoms with Gasteiger partial charge in [-0.05, 0) is 32.5 Å². The Balaban J connectivity index is 1.92. The van der Waals surface area contributed by atoms with Crippen molar-refractivity contribution < 1.29 is 9.21 Å². The van der Waals surface area contributed by atoms with E-state index in [9.17, 15) is 4.79 Å². The number of rotatable bonds is 7. The summed E-state index contributed by atoms with van der Waals surface area (Å²) in [4.78, 5) is 14.1. The third-order valence-corrected chi connectivity index (χ3v) is 4.10. The minimum Gasteiger partial charge on any atom is -0.455 e. The zero-order valence-corrected chi connectivity index (χ0v) is 13.9. The maximum atomic E-state index is 12.0. The maximum Gasteiger partial charge on any atom is 0.293 e. The third-order valence-electron chi connectivity index (χ3n) is 2.63. The summed E-state index contributed by atoms with van der Waals surface area (Å²) in [5, 5.41) is 12.2. The minimum atomic E-state index is -0.294. The van der Waals surface area contributed by atoms with Crippen LogP contribution in [-0.2, 0) is 12.2 Å². The quantitative estimate of drug-likeness (QED) is 0.842. The van der Waals surface area contributed by atoms with Gasteiger partial charge in [-0.1, -0.05) is 11.3 Å². The van der Waals surface area contributed by atoms with Crippen molar-refractivity contribution in [2.24, 2.45) is 0 Å². The molecule has 2 aromatic rings. The summed E-state index contributed by atoms with van der Waals surface area (Å²) in [5.41, 5.74) is 0. The summed E-state index contributed by atoms with van der Waals surface area (Å²) in [6.45, 7) is 0.902. The van der Waals surface area contributed by atoms with Gasteiger partial charge in [-0.15, -0.1) is 10.2 Å². The predicted octanol–water partition coefficient (Wildman–Crippen LogP) is 2.35. The van der Waals surface area contributed by atoms with Gasteiger partial charge in [-0.2, -0.15) is 11.8 Å². The molecule has 114 valence electrons. The van der Waals surface area contributed by atoms with Crippen LogP contribution in [-0.4, -0.2) is 47.9 Å². The second kappa shape index (κ2) is 7.58. The highest BCUT2D eigenvalue weighted by atomic mass is 32.2. The largest absolute Gasteiger partial charge is 0.455 e. The lowest BCUT2D eigenvalue weighted by Crippen LogP contribution is -2.14. The zero-order valence-electron chi connectivity index (χ0n) is 12.3. The summed E-state index contributed by atoms with van der Waals surface area (Å²) in [6.07, 6.45) is 2.80. The van der Waals surface area contributed by atoms with Crippen LogP contribution < -0.4 is 5.32 Å². The third kappa shape index (κ3) is 4.83. The molecule has 6 nitrogen and oxygen atoms in total. The molecule has 0 unspecified atom stereocenters. The highest BCUT2D eigenvalue weighted by Crippen LogP contribution is 2.18. The van der Waals surface area contributed by atoms with Crippen molar-refractivity contribution in [3.63, 3.8) is 0 Å². The lowest BCUT2D eigenvalue weighted by atomic mass is 10.4. The first kappa shape index (κ1) is 16.0. The van der Waals surface area contributed by atoms with Crippen LogP contribution >= 0.6 is 23.1 Å². The van der Waals surface area contributed by atoms with E-state index >= 15 is 0 Å². The Labute approximate surface area is 131 Å². The van der Waals surface area contributed by atoms with Crippen LogP contribution in [0.3, 0.4) is 0 Å². The van der Waals surface area contributed by atoms with Crippen molar-refractivity contribution in [2.45, 2.75) is 12.2 Å². The van der Waals surface area contributed by atoms with Crippen LogP contribution in [0.2, 0.25) is 0 Å². The molecule has 0 atom stereocenters. The molecule has 1 N–H and O–H groups in total. The number of aromatic nitrogens is 2. The number of anilines is 1. The number of hydrogen-bond donors (Lipinski definition) is 1. The van der Waals surface area contributed by atoms with E-state index < -0.39 is 0 Å². The number of hydrogen-bond acceptors (Lipinski definition) is 7. The van der Waals surface area contributed by atoms with E-state index in [1.54, 1.807) is 17.8 Å². The van der Waals surface area contributed by atoms with E-state index in [4.69, 9.17) is 4.42 Å². The average Bonchev–Trinajstić information content (AvgIpc) is 3.06. The van der Waals surface area contributed by atoms with Gasteiger partial charge in [0.25, 0.3) is 5.91 Å². The van der Waals surface area contributed by atoms with E-state index in [-0.39, 0.29) is 5.91 Å². The van der Waals surface area contributed by atoms with Gasteiger partial charge in [-0.3, -0.25) is 10.1 Å². The van der Waals surface area contributed by atoms with Crippen LogP contribution in [0.25, 0.3) is 0 Å². The normalized spacial score (nSPS) is 11.0. The molecule has 21 heavy (non-hydrogen) atoms. The highest BCUT2D eigenvalue weighted by molar-refractivity contribution is 7.97. The Hall–Kier alpha value is -1.38. The fraction of sp³-hybridized carbons (Fsp3) is 0.462. The molecule has 0 radical (unpaired) electrons. The molecule has 2 aromatic heterocycles. The van der Waals surface area contributed by atoms with E-state index in [0.29, 0.717) is 10.9 Å². The van der Waals surface area contributed by atoms with Crippen molar-refractivity contribution >= 4 is 34.1 Å². The molecule has 0 aliphatic heterocycles. The van der Waals surface area contributed by atoms with E-state index in [1.165, 1.54) is 11.3 Å². The van der Waals surface area contributed by atoms with E-state index in [1.807, 2.05) is 26.4 Å². The molecule has 0 aliphatic carbocycles. The first-order valence-electron chi connectivity index (χ1n) is 6.44. The summed E-state index contributed by atoms with van der Waals surface area (Å²) in [6, 6.07) is 3.49. The molecule has 0 spiro atoms. The zero-order chi connectivity index (χ0) is 15.2. The molecule has 8 heteroatoms. The van der Waals surface area contributed by atoms with Crippen molar-refractivity contribution in [1.29, 1.82) is 0 Å². The molecule has 2 rings (SSSR count). The second-order valence-electron chi connectivity index (χ2n) is 4.71. The predicted molar refractivity (Wildman–Crippen MR) is 86.0 cm³/mol. The summed E-state index contributed by atoms with van der Waals surface area (Å²) in [5.74, 6) is 1.54. The Morgan fingerprint density at radius 1 is 1.43 bits per heavy atom. The van der Waals surface area contributed by atoms with Gasteiger partial charge < -0.3 is 9.32 Å². The lowest BCUT2D eigenvalue weighted by molar-refractivity contribution is 0.0995. The average molecular weight is 326 g/mol. The summed E-state index contributed by atoms with van der Waals surface area (Å²) >= 11 is 3.03. The van der Waals surface area contributed by atoms with E-state index in [2.05, 4.69) is 20.4 Å². The first-order chi connectivity index (χ1) is 10.1. The van der Waals surface area contributed by atoms with Crippen LogP contribution in [0.15, 0.2) is 16.5 Å². The van der Waals surface area contributed by atoms with Crippen LogP contribution in [0.5, 0.6) is 0 Å². The number of carbonyl (C=O) groups excluding carboxylic acids is 1. The Morgan fingerprint density at radius 3 is 2.95 bits per heavy atom. The van der Waals surface area contributed by atoms with Gasteiger partial charge in [0.2, 0.25) is 5.13 Å². The van der Waals surface area contributed by atoms with Crippen LogP contribution in [0, 0.1) is 0 Å². The summed E-state index contributed by atoms with van der Waals surface area (Å²) in [7, 11) is 4.01. The topological polar surface area (TPSA) is 71.3 Å². The molecule has 2 heterocycles. The smallest absolute Gasteiger partial charge is 0.293 e. The van der Waals surface area contributed by atoms with Gasteiger partial charge in [0.15, 0.2) is 5.76 Å². The van der Waals surface area contributed by atoms with Gasteiger partial charge in [0.1, 0.15) is 10.8 Å². The van der Waals surface area contributed by atoms with Crippen molar-refractivity contribution in [3.8, 4) is 0 Å². The summed E-state index contributed by atoms with van der Waals surface area (Å²) < 4.78 is 5.46. The number of nitrogens with zero attached hydrogens (tertiary/aromatic N) is 3. The molecule has 0 bridgehead atoms. The fourth-order valence-corrected chi connectivity index (χ4v) is 2.77. The van der Waals surface area contributed by atoms with Crippen molar-refractivity contribution in [3.05, 3.63) is 28.7 Å². The van der Waals surface area contributed by atoms with Crippen molar-refractivity contribution in [2.75, 3.05) is 32.2 Å². The highest BCUT2D eigenvalue weighted by Gasteiger charge is 2.14. The van der Waals surface area contributed by atoms with Gasteiger partial charge in [0, 0.05) is 13.0 Å².